The molecule has 2 fully saturated rings. The first kappa shape index (κ1) is 15.1. The molecule has 2 N–H and O–H groups in total. The van der Waals surface area contributed by atoms with Crippen LogP contribution < -0.4 is 10.6 Å². The molecule has 1 atom stereocenters. The van der Waals surface area contributed by atoms with Gasteiger partial charge in [0.15, 0.2) is 0 Å². The molecular weight excluding hydrogens is 258 g/mol. The van der Waals surface area contributed by atoms with Crippen LogP contribution in [0.25, 0.3) is 0 Å². The van der Waals surface area contributed by atoms with Gasteiger partial charge in [-0.3, -0.25) is 4.79 Å². The molecule has 114 valence electrons. The van der Waals surface area contributed by atoms with Crippen molar-refractivity contribution < 1.29 is 14.3 Å². The first-order valence-electron chi connectivity index (χ1n) is 7.45. The van der Waals surface area contributed by atoms with Crippen LogP contribution in [-0.2, 0) is 9.53 Å². The van der Waals surface area contributed by atoms with E-state index >= 15 is 0 Å². The van der Waals surface area contributed by atoms with E-state index in [-0.39, 0.29) is 24.0 Å². The number of likely N-dealkylation sites (N-methyl/N-ethyl adjacent to an activating group) is 1. The van der Waals surface area contributed by atoms with Gasteiger partial charge in [-0.1, -0.05) is 0 Å². The molecule has 1 aliphatic heterocycles. The van der Waals surface area contributed by atoms with Crippen molar-refractivity contribution in [2.24, 2.45) is 0 Å². The molecule has 0 aromatic heterocycles. The van der Waals surface area contributed by atoms with Gasteiger partial charge < -0.3 is 20.3 Å². The van der Waals surface area contributed by atoms with Gasteiger partial charge in [-0.2, -0.15) is 0 Å². The van der Waals surface area contributed by atoms with Crippen LogP contribution in [-0.4, -0.2) is 55.7 Å². The summed E-state index contributed by atoms with van der Waals surface area (Å²) in [7, 11) is 3.51. The Morgan fingerprint density at radius 3 is 2.55 bits per heavy atom. The van der Waals surface area contributed by atoms with E-state index in [1.807, 2.05) is 0 Å². The van der Waals surface area contributed by atoms with Gasteiger partial charge in [0, 0.05) is 26.7 Å². The van der Waals surface area contributed by atoms with Gasteiger partial charge >= 0.3 is 6.03 Å². The number of hydrogen-bond acceptors (Lipinski definition) is 3. The third-order valence-corrected chi connectivity index (χ3v) is 4.31. The summed E-state index contributed by atoms with van der Waals surface area (Å²) in [5.41, 5.74) is 0. The number of methoxy groups -OCH3 is 1. The number of urea groups is 1. The Morgan fingerprint density at radius 1 is 1.20 bits per heavy atom. The standard InChI is InChI=1S/C14H25N3O3/c1-17-9-3-4-12(13(17)18)16-14(19)15-10-5-7-11(20-2)8-6-10/h10-12H,3-9H2,1-2H3,(H2,15,16,19). The normalized spacial score (nSPS) is 31.0. The molecule has 0 aromatic rings. The first-order chi connectivity index (χ1) is 9.60. The third kappa shape index (κ3) is 3.85. The number of nitrogens with zero attached hydrogens (tertiary/aromatic N) is 1. The van der Waals surface area contributed by atoms with Crippen molar-refractivity contribution in [3.8, 4) is 0 Å². The zero-order valence-corrected chi connectivity index (χ0v) is 12.4. The minimum Gasteiger partial charge on any atom is -0.381 e. The Labute approximate surface area is 120 Å². The third-order valence-electron chi connectivity index (χ3n) is 4.31. The highest BCUT2D eigenvalue weighted by molar-refractivity contribution is 5.87. The van der Waals surface area contributed by atoms with Gasteiger partial charge in [0.2, 0.25) is 5.91 Å². The van der Waals surface area contributed by atoms with Gasteiger partial charge in [0.1, 0.15) is 6.04 Å². The smallest absolute Gasteiger partial charge is 0.315 e. The van der Waals surface area contributed by atoms with Gasteiger partial charge in [0.25, 0.3) is 0 Å². The lowest BCUT2D eigenvalue weighted by atomic mass is 9.93. The van der Waals surface area contributed by atoms with Crippen LogP contribution >= 0.6 is 0 Å². The molecule has 2 aliphatic rings. The van der Waals surface area contributed by atoms with Crippen LogP contribution in [0.3, 0.4) is 0 Å². The van der Waals surface area contributed by atoms with Crippen molar-refractivity contribution in [3.05, 3.63) is 0 Å². The molecule has 2 rings (SSSR count). The van der Waals surface area contributed by atoms with Crippen LogP contribution in [0.1, 0.15) is 38.5 Å². The van der Waals surface area contributed by atoms with Crippen LogP contribution in [0, 0.1) is 0 Å². The molecule has 0 radical (unpaired) electrons. The Morgan fingerprint density at radius 2 is 1.90 bits per heavy atom. The number of rotatable bonds is 3. The lowest BCUT2D eigenvalue weighted by Gasteiger charge is -2.31. The van der Waals surface area contributed by atoms with Crippen LogP contribution in [0.2, 0.25) is 0 Å². The molecule has 1 saturated heterocycles. The summed E-state index contributed by atoms with van der Waals surface area (Å²) >= 11 is 0. The van der Waals surface area contributed by atoms with E-state index in [1.165, 1.54) is 0 Å². The van der Waals surface area contributed by atoms with Crippen LogP contribution in [0.15, 0.2) is 0 Å². The lowest BCUT2D eigenvalue weighted by Crippen LogP contribution is -2.54. The summed E-state index contributed by atoms with van der Waals surface area (Å²) in [4.78, 5) is 25.5. The van der Waals surface area contributed by atoms with Crippen molar-refractivity contribution in [1.29, 1.82) is 0 Å². The molecule has 0 aromatic carbocycles. The fourth-order valence-electron chi connectivity index (χ4n) is 2.99. The molecule has 0 bridgehead atoms. The number of amides is 3. The number of likely N-dealkylation sites (tertiary alicyclic amines) is 1. The number of nitrogens with one attached hydrogen (secondary N) is 2. The topological polar surface area (TPSA) is 70.7 Å². The maximum atomic E-state index is 12.0. The Kier molecular flexibility index (Phi) is 5.23. The minimum atomic E-state index is -0.371. The SMILES string of the molecule is COC1CCC(NC(=O)NC2CCCN(C)C2=O)CC1. The molecule has 1 aliphatic carbocycles. The second-order valence-corrected chi connectivity index (χ2v) is 5.78. The number of ether oxygens (including phenoxy) is 1. The van der Waals surface area contributed by atoms with E-state index in [2.05, 4.69) is 10.6 Å². The van der Waals surface area contributed by atoms with E-state index < -0.39 is 0 Å². The number of piperidine rings is 1. The van der Waals surface area contributed by atoms with E-state index in [1.54, 1.807) is 19.1 Å². The van der Waals surface area contributed by atoms with Crippen LogP contribution in [0.5, 0.6) is 0 Å². The summed E-state index contributed by atoms with van der Waals surface area (Å²) < 4.78 is 5.31. The minimum absolute atomic E-state index is 0.00879. The Bertz CT molecular complexity index is 354. The molecule has 0 spiro atoms. The molecular formula is C14H25N3O3. The van der Waals surface area contributed by atoms with Gasteiger partial charge in [0.05, 0.1) is 6.10 Å². The average molecular weight is 283 g/mol. The zero-order valence-electron chi connectivity index (χ0n) is 12.4. The van der Waals surface area contributed by atoms with Crippen molar-refractivity contribution in [2.75, 3.05) is 20.7 Å². The molecule has 1 saturated carbocycles. The van der Waals surface area contributed by atoms with Crippen molar-refractivity contribution in [1.82, 2.24) is 15.5 Å². The van der Waals surface area contributed by atoms with E-state index in [0.717, 1.165) is 45.1 Å². The van der Waals surface area contributed by atoms with E-state index in [4.69, 9.17) is 4.74 Å². The second kappa shape index (κ2) is 6.92. The fraction of sp³-hybridized carbons (Fsp3) is 0.857. The quantitative estimate of drug-likeness (QED) is 0.807. The summed E-state index contributed by atoms with van der Waals surface area (Å²) in [6.07, 6.45) is 5.82. The Balaban J connectivity index is 1.74. The lowest BCUT2D eigenvalue weighted by molar-refractivity contribution is -0.134. The van der Waals surface area contributed by atoms with Gasteiger partial charge in [-0.25, -0.2) is 4.79 Å². The molecule has 1 unspecified atom stereocenters. The summed E-state index contributed by atoms with van der Waals surface area (Å²) in [6, 6.07) is -0.401. The summed E-state index contributed by atoms with van der Waals surface area (Å²) in [6.45, 7) is 0.777. The summed E-state index contributed by atoms with van der Waals surface area (Å²) in [5.74, 6) is 0.00879. The monoisotopic (exact) mass is 283 g/mol. The number of carbonyl (C=O) groups excluding carboxylic acids is 2. The molecule has 6 heteroatoms. The highest BCUT2D eigenvalue weighted by Crippen LogP contribution is 2.20. The number of hydrogen-bond donors (Lipinski definition) is 2. The van der Waals surface area contributed by atoms with E-state index in [9.17, 15) is 9.59 Å². The average Bonchev–Trinajstić information content (AvgIpc) is 2.45. The molecule has 6 nitrogen and oxygen atoms in total. The zero-order chi connectivity index (χ0) is 14.5. The largest absolute Gasteiger partial charge is 0.381 e. The maximum absolute atomic E-state index is 12.0. The maximum Gasteiger partial charge on any atom is 0.315 e. The number of carbonyl (C=O) groups is 2. The van der Waals surface area contributed by atoms with Crippen molar-refractivity contribution in [2.45, 2.75) is 56.7 Å². The fourth-order valence-corrected chi connectivity index (χ4v) is 2.99. The van der Waals surface area contributed by atoms with Gasteiger partial charge in [-0.15, -0.1) is 0 Å². The highest BCUT2D eigenvalue weighted by Gasteiger charge is 2.28. The molecule has 1 heterocycles. The summed E-state index contributed by atoms with van der Waals surface area (Å²) in [5, 5.41) is 5.77. The predicted octanol–water partition coefficient (Wildman–Crippen LogP) is 0.864. The molecule has 3 amide bonds. The van der Waals surface area contributed by atoms with E-state index in [0.29, 0.717) is 6.10 Å². The Hall–Kier alpha value is -1.30. The van der Waals surface area contributed by atoms with Gasteiger partial charge in [-0.05, 0) is 38.5 Å². The molecule has 20 heavy (non-hydrogen) atoms. The second-order valence-electron chi connectivity index (χ2n) is 5.78. The predicted molar refractivity (Wildman–Crippen MR) is 75.4 cm³/mol. The van der Waals surface area contributed by atoms with Crippen LogP contribution in [0.4, 0.5) is 4.79 Å². The van der Waals surface area contributed by atoms with Crippen molar-refractivity contribution in [3.63, 3.8) is 0 Å². The first-order valence-corrected chi connectivity index (χ1v) is 7.45. The highest BCUT2D eigenvalue weighted by atomic mass is 16.5. The van der Waals surface area contributed by atoms with Crippen molar-refractivity contribution >= 4 is 11.9 Å².